The van der Waals surface area contributed by atoms with Crippen LogP contribution in [0, 0.1) is 0 Å². The topological polar surface area (TPSA) is 110 Å². The molecule has 0 saturated carbocycles. The predicted octanol–water partition coefficient (Wildman–Crippen LogP) is 2.57. The minimum Gasteiger partial charge on any atom is -0.497 e. The highest BCUT2D eigenvalue weighted by molar-refractivity contribution is 6.08. The van der Waals surface area contributed by atoms with Crippen molar-refractivity contribution in [1.29, 1.82) is 0 Å². The minimum absolute atomic E-state index is 0.0246. The van der Waals surface area contributed by atoms with E-state index in [0.717, 1.165) is 5.56 Å². The first-order chi connectivity index (χ1) is 16.0. The Morgan fingerprint density at radius 2 is 1.82 bits per heavy atom. The minimum atomic E-state index is -1.42. The van der Waals surface area contributed by atoms with Crippen molar-refractivity contribution in [3.05, 3.63) is 83.7 Å². The molecule has 5 rings (SSSR count). The van der Waals surface area contributed by atoms with Gasteiger partial charge in [-0.2, -0.15) is 0 Å². The molecule has 1 fully saturated rings. The Hall–Kier alpha value is -4.40. The maximum absolute atomic E-state index is 13.1. The van der Waals surface area contributed by atoms with Crippen LogP contribution < -0.4 is 20.1 Å². The number of nitrogens with zero attached hydrogens (tertiary/aromatic N) is 2. The van der Waals surface area contributed by atoms with Crippen LogP contribution in [0.25, 0.3) is 0 Å². The zero-order valence-electron chi connectivity index (χ0n) is 17.7. The van der Waals surface area contributed by atoms with Crippen LogP contribution in [0.15, 0.2) is 67.0 Å². The summed E-state index contributed by atoms with van der Waals surface area (Å²) in [6, 6.07) is 15.0. The van der Waals surface area contributed by atoms with E-state index >= 15 is 0 Å². The van der Waals surface area contributed by atoms with Gasteiger partial charge in [0, 0.05) is 18.3 Å². The van der Waals surface area contributed by atoms with Crippen molar-refractivity contribution in [2.45, 2.75) is 12.1 Å². The lowest BCUT2D eigenvalue weighted by Crippen LogP contribution is -2.52. The molecule has 9 nitrogen and oxygen atoms in total. The Labute approximate surface area is 189 Å². The predicted molar refractivity (Wildman–Crippen MR) is 117 cm³/mol. The number of hydrogen-bond acceptors (Lipinski definition) is 6. The van der Waals surface area contributed by atoms with E-state index in [-0.39, 0.29) is 12.5 Å². The number of urea groups is 1. The van der Waals surface area contributed by atoms with Gasteiger partial charge in [0.05, 0.1) is 19.9 Å². The van der Waals surface area contributed by atoms with Crippen LogP contribution in [0.2, 0.25) is 0 Å². The average Bonchev–Trinajstić information content (AvgIpc) is 3.29. The van der Waals surface area contributed by atoms with Crippen LogP contribution in [-0.2, 0) is 16.9 Å². The van der Waals surface area contributed by atoms with Crippen LogP contribution in [-0.4, -0.2) is 41.4 Å². The summed E-state index contributed by atoms with van der Waals surface area (Å²) in [4.78, 5) is 43.7. The van der Waals surface area contributed by atoms with E-state index in [4.69, 9.17) is 9.47 Å². The molecular formula is C24H20N4O5. The van der Waals surface area contributed by atoms with Gasteiger partial charge in [-0.25, -0.2) is 4.79 Å². The number of aromatic nitrogens is 1. The van der Waals surface area contributed by atoms with Crippen molar-refractivity contribution in [3.8, 4) is 17.2 Å². The molecule has 3 heterocycles. The number of pyridine rings is 1. The molecule has 1 unspecified atom stereocenters. The molecule has 1 aromatic heterocycles. The second-order valence-electron chi connectivity index (χ2n) is 7.81. The number of amides is 4. The molecule has 0 bridgehead atoms. The van der Waals surface area contributed by atoms with E-state index < -0.39 is 17.5 Å². The average molecular weight is 444 g/mol. The zero-order chi connectivity index (χ0) is 23.0. The first-order valence-electron chi connectivity index (χ1n) is 10.3. The third kappa shape index (κ3) is 3.63. The summed E-state index contributed by atoms with van der Waals surface area (Å²) < 4.78 is 11.0. The van der Waals surface area contributed by atoms with Gasteiger partial charge >= 0.3 is 6.03 Å². The lowest BCUT2D eigenvalue weighted by molar-refractivity contribution is -0.124. The number of carbonyl (C=O) groups excluding carboxylic acids is 3. The highest BCUT2D eigenvalue weighted by atomic mass is 16.5. The second kappa shape index (κ2) is 7.94. The largest absolute Gasteiger partial charge is 0.497 e. The third-order valence-corrected chi connectivity index (χ3v) is 5.78. The van der Waals surface area contributed by atoms with Gasteiger partial charge in [0.25, 0.3) is 11.8 Å². The maximum Gasteiger partial charge on any atom is 0.322 e. The monoisotopic (exact) mass is 444 g/mol. The van der Waals surface area contributed by atoms with Crippen molar-refractivity contribution in [3.63, 3.8) is 0 Å². The fraction of sp³-hybridized carbons (Fsp3) is 0.167. The number of nitrogens with one attached hydrogen (secondary N) is 2. The summed E-state index contributed by atoms with van der Waals surface area (Å²) in [5.41, 5.74) is 0.465. The van der Waals surface area contributed by atoms with Gasteiger partial charge in [0.1, 0.15) is 17.2 Å². The Balaban J connectivity index is 1.43. The van der Waals surface area contributed by atoms with E-state index in [9.17, 15) is 14.4 Å². The third-order valence-electron chi connectivity index (χ3n) is 5.78. The molecule has 3 aromatic rings. The van der Waals surface area contributed by atoms with Crippen LogP contribution in [0.1, 0.15) is 21.5 Å². The fourth-order valence-corrected chi connectivity index (χ4v) is 4.13. The molecule has 9 heteroatoms. The van der Waals surface area contributed by atoms with Gasteiger partial charge in [-0.15, -0.1) is 0 Å². The smallest absolute Gasteiger partial charge is 0.322 e. The summed E-state index contributed by atoms with van der Waals surface area (Å²) in [6.07, 6.45) is 3.24. The molecule has 0 spiro atoms. The van der Waals surface area contributed by atoms with Gasteiger partial charge in [0.15, 0.2) is 5.54 Å². The Bertz CT molecular complexity index is 1250. The maximum atomic E-state index is 13.1. The van der Waals surface area contributed by atoms with Crippen LogP contribution in [0.3, 0.4) is 0 Å². The Morgan fingerprint density at radius 3 is 2.48 bits per heavy atom. The normalized spacial score (nSPS) is 19.2. The number of carbonyl (C=O) groups is 3. The highest BCUT2D eigenvalue weighted by Crippen LogP contribution is 2.33. The number of benzene rings is 2. The molecule has 166 valence electrons. The van der Waals surface area contributed by atoms with E-state index in [1.807, 2.05) is 6.07 Å². The highest BCUT2D eigenvalue weighted by Gasteiger charge is 2.50. The van der Waals surface area contributed by atoms with Gasteiger partial charge in [0.2, 0.25) is 0 Å². The second-order valence-corrected chi connectivity index (χ2v) is 7.81. The van der Waals surface area contributed by atoms with Crippen molar-refractivity contribution in [2.75, 3.05) is 13.7 Å². The van der Waals surface area contributed by atoms with Crippen LogP contribution in [0.5, 0.6) is 17.2 Å². The number of hydrogen-bond donors (Lipinski definition) is 2. The number of methoxy groups -OCH3 is 1. The molecule has 2 aliphatic heterocycles. The summed E-state index contributed by atoms with van der Waals surface area (Å²) in [6.45, 7) is 0.300. The van der Waals surface area contributed by atoms with Crippen LogP contribution in [0.4, 0.5) is 4.79 Å². The molecule has 2 N–H and O–H groups in total. The summed E-state index contributed by atoms with van der Waals surface area (Å²) >= 11 is 0. The molecule has 1 atom stereocenters. The first kappa shape index (κ1) is 20.5. The summed E-state index contributed by atoms with van der Waals surface area (Å²) in [5.74, 6) is 0.949. The summed E-state index contributed by atoms with van der Waals surface area (Å²) in [5, 5.41) is 5.03. The van der Waals surface area contributed by atoms with E-state index in [1.54, 1.807) is 65.8 Å². The molecule has 4 amide bonds. The van der Waals surface area contributed by atoms with E-state index in [1.165, 1.54) is 7.11 Å². The first-order valence-corrected chi connectivity index (χ1v) is 10.3. The van der Waals surface area contributed by atoms with Crippen LogP contribution >= 0.6 is 0 Å². The number of imide groups is 1. The molecular weight excluding hydrogens is 424 g/mol. The molecule has 33 heavy (non-hydrogen) atoms. The zero-order valence-corrected chi connectivity index (χ0v) is 17.7. The number of rotatable bonds is 6. The molecule has 2 aromatic carbocycles. The standard InChI is InChI=1S/C24H20N4O5/c1-32-18-7-4-15-13-28(21(29)20(15)11-18)14-24(22(30)26-23(31)27-24)16-5-8-17(9-6-16)33-19-3-2-10-25-12-19/h2-12H,13-14H2,1H3,(H2,26,27,30,31). The van der Waals surface area contributed by atoms with Gasteiger partial charge in [-0.3, -0.25) is 19.9 Å². The van der Waals surface area contributed by atoms with Gasteiger partial charge in [-0.1, -0.05) is 18.2 Å². The lowest BCUT2D eigenvalue weighted by atomic mass is 9.89. The number of ether oxygens (including phenoxy) is 2. The summed E-state index contributed by atoms with van der Waals surface area (Å²) in [7, 11) is 1.54. The van der Waals surface area contributed by atoms with Gasteiger partial charge < -0.3 is 19.7 Å². The number of fused-ring (bicyclic) bond motifs is 1. The Morgan fingerprint density at radius 1 is 1.03 bits per heavy atom. The SMILES string of the molecule is COc1ccc2c(c1)C(=O)N(CC1(c3ccc(Oc4cccnc4)cc3)NC(=O)NC1=O)C2. The molecule has 0 radical (unpaired) electrons. The molecule has 1 saturated heterocycles. The van der Waals surface area contributed by atoms with Gasteiger partial charge in [-0.05, 0) is 47.5 Å². The van der Waals surface area contributed by atoms with E-state index in [0.29, 0.717) is 34.9 Å². The van der Waals surface area contributed by atoms with Crippen molar-refractivity contribution >= 4 is 17.8 Å². The van der Waals surface area contributed by atoms with E-state index in [2.05, 4.69) is 15.6 Å². The van der Waals surface area contributed by atoms with Crippen molar-refractivity contribution in [2.24, 2.45) is 0 Å². The fourth-order valence-electron chi connectivity index (χ4n) is 4.13. The molecule has 2 aliphatic rings. The van der Waals surface area contributed by atoms with Crippen molar-refractivity contribution < 1.29 is 23.9 Å². The van der Waals surface area contributed by atoms with Crippen molar-refractivity contribution in [1.82, 2.24) is 20.5 Å². The quantitative estimate of drug-likeness (QED) is 0.566. The Kier molecular flexibility index (Phi) is 4.93. The molecule has 0 aliphatic carbocycles. The lowest BCUT2D eigenvalue weighted by Gasteiger charge is -2.31.